The Morgan fingerprint density at radius 2 is 1.96 bits per heavy atom. The number of hydrogen-bond donors (Lipinski definition) is 1. The SMILES string of the molecule is CCn1c(SC(C)C(=O)NCc2ccccc2OC)nnc1-c1ccncc1. The van der Waals surface area contributed by atoms with Crippen molar-refractivity contribution in [1.29, 1.82) is 0 Å². The fourth-order valence-electron chi connectivity index (χ4n) is 2.76. The Morgan fingerprint density at radius 1 is 1.21 bits per heavy atom. The first kappa shape index (κ1) is 19.9. The molecule has 1 amide bonds. The van der Waals surface area contributed by atoms with Gasteiger partial charge in [0.2, 0.25) is 5.91 Å². The third-order valence-electron chi connectivity index (χ3n) is 4.27. The predicted octanol–water partition coefficient (Wildman–Crippen LogP) is 3.17. The van der Waals surface area contributed by atoms with Gasteiger partial charge in [0, 0.05) is 36.6 Å². The van der Waals surface area contributed by atoms with Crippen LogP contribution in [0.1, 0.15) is 19.4 Å². The van der Waals surface area contributed by atoms with Gasteiger partial charge in [-0.15, -0.1) is 10.2 Å². The smallest absolute Gasteiger partial charge is 0.233 e. The molecular weight excluding hydrogens is 374 g/mol. The number of methoxy groups -OCH3 is 1. The number of nitrogens with zero attached hydrogens (tertiary/aromatic N) is 4. The normalized spacial score (nSPS) is 11.8. The molecule has 8 heteroatoms. The van der Waals surface area contributed by atoms with Gasteiger partial charge in [-0.3, -0.25) is 9.78 Å². The quantitative estimate of drug-likeness (QED) is 0.588. The van der Waals surface area contributed by atoms with Crippen LogP contribution in [0.15, 0.2) is 53.9 Å². The Hall–Kier alpha value is -2.87. The Kier molecular flexibility index (Phi) is 6.65. The summed E-state index contributed by atoms with van der Waals surface area (Å²) in [4.78, 5) is 16.6. The van der Waals surface area contributed by atoms with Crippen LogP contribution in [0.3, 0.4) is 0 Å². The van der Waals surface area contributed by atoms with Crippen molar-refractivity contribution >= 4 is 17.7 Å². The van der Waals surface area contributed by atoms with Crippen molar-refractivity contribution in [2.24, 2.45) is 0 Å². The number of benzene rings is 1. The second kappa shape index (κ2) is 9.36. The number of ether oxygens (including phenoxy) is 1. The highest BCUT2D eigenvalue weighted by molar-refractivity contribution is 8.00. The van der Waals surface area contributed by atoms with E-state index in [0.717, 1.165) is 22.7 Å². The first-order chi connectivity index (χ1) is 13.6. The van der Waals surface area contributed by atoms with E-state index >= 15 is 0 Å². The highest BCUT2D eigenvalue weighted by Crippen LogP contribution is 2.26. The monoisotopic (exact) mass is 397 g/mol. The molecule has 0 aliphatic carbocycles. The number of hydrogen-bond acceptors (Lipinski definition) is 6. The molecule has 1 atom stereocenters. The van der Waals surface area contributed by atoms with Crippen LogP contribution >= 0.6 is 11.8 Å². The maximum Gasteiger partial charge on any atom is 0.233 e. The van der Waals surface area contributed by atoms with Crippen molar-refractivity contribution in [3.8, 4) is 17.1 Å². The first-order valence-corrected chi connectivity index (χ1v) is 9.91. The molecule has 3 aromatic rings. The zero-order chi connectivity index (χ0) is 19.9. The van der Waals surface area contributed by atoms with E-state index in [1.165, 1.54) is 11.8 Å². The molecule has 146 valence electrons. The van der Waals surface area contributed by atoms with Gasteiger partial charge in [0.25, 0.3) is 0 Å². The van der Waals surface area contributed by atoms with Crippen molar-refractivity contribution < 1.29 is 9.53 Å². The molecule has 7 nitrogen and oxygen atoms in total. The van der Waals surface area contributed by atoms with Crippen LogP contribution in [-0.2, 0) is 17.9 Å². The number of thioether (sulfide) groups is 1. The Morgan fingerprint density at radius 3 is 2.68 bits per heavy atom. The Labute approximate surface area is 168 Å². The van der Waals surface area contributed by atoms with Gasteiger partial charge in [-0.05, 0) is 32.0 Å². The predicted molar refractivity (Wildman–Crippen MR) is 109 cm³/mol. The molecule has 0 fully saturated rings. The Balaban J connectivity index is 1.66. The number of carbonyl (C=O) groups excluding carboxylic acids is 1. The summed E-state index contributed by atoms with van der Waals surface area (Å²) in [5, 5.41) is 12.0. The van der Waals surface area contributed by atoms with Crippen LogP contribution in [0.25, 0.3) is 11.4 Å². The van der Waals surface area contributed by atoms with Gasteiger partial charge >= 0.3 is 0 Å². The van der Waals surface area contributed by atoms with E-state index in [-0.39, 0.29) is 11.2 Å². The van der Waals surface area contributed by atoms with E-state index in [9.17, 15) is 4.79 Å². The van der Waals surface area contributed by atoms with Crippen molar-refractivity contribution in [2.75, 3.05) is 7.11 Å². The van der Waals surface area contributed by atoms with Gasteiger partial charge in [0.05, 0.1) is 12.4 Å². The lowest BCUT2D eigenvalue weighted by Gasteiger charge is -2.14. The molecule has 0 bridgehead atoms. The topological polar surface area (TPSA) is 81.9 Å². The molecule has 2 heterocycles. The van der Waals surface area contributed by atoms with Gasteiger partial charge in [0.15, 0.2) is 11.0 Å². The molecule has 0 saturated heterocycles. The summed E-state index contributed by atoms with van der Waals surface area (Å²) < 4.78 is 7.33. The highest BCUT2D eigenvalue weighted by Gasteiger charge is 2.20. The summed E-state index contributed by atoms with van der Waals surface area (Å²) in [6.45, 7) is 5.02. The summed E-state index contributed by atoms with van der Waals surface area (Å²) in [6.07, 6.45) is 3.45. The summed E-state index contributed by atoms with van der Waals surface area (Å²) in [7, 11) is 1.62. The fraction of sp³-hybridized carbons (Fsp3) is 0.300. The Bertz CT molecular complexity index is 929. The average molecular weight is 398 g/mol. The van der Waals surface area contributed by atoms with Crippen LogP contribution in [0.2, 0.25) is 0 Å². The van der Waals surface area contributed by atoms with E-state index in [2.05, 4.69) is 20.5 Å². The van der Waals surface area contributed by atoms with E-state index in [1.54, 1.807) is 19.5 Å². The number of carbonyl (C=O) groups is 1. The molecule has 0 aliphatic rings. The molecule has 3 rings (SSSR count). The highest BCUT2D eigenvalue weighted by atomic mass is 32.2. The molecule has 0 saturated carbocycles. The van der Waals surface area contributed by atoms with E-state index in [4.69, 9.17) is 4.74 Å². The summed E-state index contributed by atoms with van der Waals surface area (Å²) in [6, 6.07) is 11.4. The maximum absolute atomic E-state index is 12.6. The van der Waals surface area contributed by atoms with Crippen LogP contribution < -0.4 is 10.1 Å². The molecule has 0 radical (unpaired) electrons. The summed E-state index contributed by atoms with van der Waals surface area (Å²) in [5.74, 6) is 1.47. The number of aromatic nitrogens is 4. The third kappa shape index (κ3) is 4.51. The lowest BCUT2D eigenvalue weighted by atomic mass is 10.2. The van der Waals surface area contributed by atoms with Crippen LogP contribution in [0.5, 0.6) is 5.75 Å². The van der Waals surface area contributed by atoms with Gasteiger partial charge < -0.3 is 14.6 Å². The molecule has 1 unspecified atom stereocenters. The zero-order valence-corrected chi connectivity index (χ0v) is 16.9. The number of pyridine rings is 1. The van der Waals surface area contributed by atoms with Crippen molar-refractivity contribution in [1.82, 2.24) is 25.1 Å². The number of rotatable bonds is 8. The zero-order valence-electron chi connectivity index (χ0n) is 16.1. The minimum Gasteiger partial charge on any atom is -0.496 e. The number of amides is 1. The molecule has 1 aromatic carbocycles. The molecule has 28 heavy (non-hydrogen) atoms. The molecule has 1 N–H and O–H groups in total. The maximum atomic E-state index is 12.6. The second-order valence-corrected chi connectivity index (χ2v) is 7.38. The van der Waals surface area contributed by atoms with Gasteiger partial charge in [-0.25, -0.2) is 0 Å². The van der Waals surface area contributed by atoms with E-state index in [1.807, 2.05) is 54.8 Å². The van der Waals surface area contributed by atoms with Crippen LogP contribution in [-0.4, -0.2) is 38.0 Å². The fourth-order valence-corrected chi connectivity index (χ4v) is 3.70. The lowest BCUT2D eigenvalue weighted by molar-refractivity contribution is -0.120. The minimum atomic E-state index is -0.311. The number of para-hydroxylation sites is 1. The minimum absolute atomic E-state index is 0.0629. The van der Waals surface area contributed by atoms with E-state index < -0.39 is 0 Å². The second-order valence-electron chi connectivity index (χ2n) is 6.08. The third-order valence-corrected chi connectivity index (χ3v) is 5.35. The van der Waals surface area contributed by atoms with Crippen molar-refractivity contribution in [2.45, 2.75) is 37.3 Å². The standard InChI is InChI=1S/C20H23N5O2S/c1-4-25-18(15-9-11-21-12-10-15)23-24-20(25)28-14(2)19(26)22-13-16-7-5-6-8-17(16)27-3/h5-12,14H,4,13H2,1-3H3,(H,22,26). The van der Waals surface area contributed by atoms with Gasteiger partial charge in [0.1, 0.15) is 5.75 Å². The average Bonchev–Trinajstić information content (AvgIpc) is 3.15. The van der Waals surface area contributed by atoms with Gasteiger partial charge in [-0.2, -0.15) is 0 Å². The number of nitrogens with one attached hydrogen (secondary N) is 1. The molecule has 0 aliphatic heterocycles. The van der Waals surface area contributed by atoms with Crippen molar-refractivity contribution in [3.05, 3.63) is 54.4 Å². The largest absolute Gasteiger partial charge is 0.496 e. The summed E-state index contributed by atoms with van der Waals surface area (Å²) >= 11 is 1.39. The van der Waals surface area contributed by atoms with Crippen LogP contribution in [0.4, 0.5) is 0 Å². The molecule has 2 aromatic heterocycles. The lowest BCUT2D eigenvalue weighted by Crippen LogP contribution is -2.30. The summed E-state index contributed by atoms with van der Waals surface area (Å²) in [5.41, 5.74) is 1.89. The van der Waals surface area contributed by atoms with Crippen LogP contribution in [0, 0.1) is 0 Å². The first-order valence-electron chi connectivity index (χ1n) is 9.03. The van der Waals surface area contributed by atoms with E-state index in [0.29, 0.717) is 18.2 Å². The van der Waals surface area contributed by atoms with Crippen molar-refractivity contribution in [3.63, 3.8) is 0 Å². The van der Waals surface area contributed by atoms with Gasteiger partial charge in [-0.1, -0.05) is 30.0 Å². The molecular formula is C20H23N5O2S. The molecule has 0 spiro atoms.